The van der Waals surface area contributed by atoms with Crippen molar-refractivity contribution in [3.63, 3.8) is 0 Å². The zero-order valence-electron chi connectivity index (χ0n) is 21.1. The Morgan fingerprint density at radius 3 is 2.29 bits per heavy atom. The van der Waals surface area contributed by atoms with E-state index in [2.05, 4.69) is 15.2 Å². The summed E-state index contributed by atoms with van der Waals surface area (Å²) >= 11 is 1.55. The van der Waals surface area contributed by atoms with Crippen LogP contribution in [0.5, 0.6) is 11.5 Å². The maximum Gasteiger partial charge on any atom is 0.196 e. The van der Waals surface area contributed by atoms with E-state index in [0.717, 1.165) is 22.5 Å². The smallest absolute Gasteiger partial charge is 0.196 e. The molecule has 0 saturated heterocycles. The highest BCUT2D eigenvalue weighted by atomic mass is 32.2. The average molecular weight is 492 g/mol. The second kappa shape index (κ2) is 11.8. The van der Waals surface area contributed by atoms with Crippen molar-refractivity contribution in [2.45, 2.75) is 44.5 Å². The number of phenols is 2. The van der Waals surface area contributed by atoms with E-state index in [1.807, 2.05) is 93.9 Å². The molecule has 0 aliphatic carbocycles. The summed E-state index contributed by atoms with van der Waals surface area (Å²) in [6, 6.07) is 15.2. The standard InChI is InChI=1S/C25H27N5O2S.C2H6/c1-16(2)20-12-21(23(32)13-22(20)31)24-27-28-25(33-15-17-6-5-11-26-14-17)30(24)19-9-7-18(8-10-19)29(3)4;1-2/h5-14,16,31-32H,15H2,1-4H3;1-2H3. The summed E-state index contributed by atoms with van der Waals surface area (Å²) in [5.74, 6) is 1.30. The molecular weight excluding hydrogens is 458 g/mol. The largest absolute Gasteiger partial charge is 0.508 e. The van der Waals surface area contributed by atoms with Crippen LogP contribution in [0, 0.1) is 0 Å². The molecule has 0 amide bonds. The molecule has 2 N–H and O–H groups in total. The maximum absolute atomic E-state index is 10.7. The van der Waals surface area contributed by atoms with Crippen molar-refractivity contribution in [2.24, 2.45) is 0 Å². The van der Waals surface area contributed by atoms with Gasteiger partial charge in [0.1, 0.15) is 11.5 Å². The number of pyridine rings is 1. The van der Waals surface area contributed by atoms with E-state index in [-0.39, 0.29) is 17.4 Å². The molecule has 4 aromatic rings. The van der Waals surface area contributed by atoms with Crippen molar-refractivity contribution >= 4 is 17.4 Å². The second-order valence-electron chi connectivity index (χ2n) is 8.29. The van der Waals surface area contributed by atoms with E-state index < -0.39 is 0 Å². The molecule has 2 heterocycles. The third kappa shape index (κ3) is 5.95. The Balaban J connectivity index is 0.00000167. The van der Waals surface area contributed by atoms with Gasteiger partial charge in [-0.3, -0.25) is 9.55 Å². The fraction of sp³-hybridized carbons (Fsp3) is 0.296. The molecule has 8 heteroatoms. The molecule has 2 aromatic heterocycles. The van der Waals surface area contributed by atoms with Gasteiger partial charge in [0.15, 0.2) is 11.0 Å². The van der Waals surface area contributed by atoms with Crippen LogP contribution in [0.2, 0.25) is 0 Å². The van der Waals surface area contributed by atoms with Gasteiger partial charge in [0.05, 0.1) is 5.56 Å². The van der Waals surface area contributed by atoms with Crippen LogP contribution in [0.4, 0.5) is 5.69 Å². The molecule has 0 fully saturated rings. The predicted molar refractivity (Wildman–Crippen MR) is 144 cm³/mol. The van der Waals surface area contributed by atoms with Crippen LogP contribution in [0.15, 0.2) is 66.1 Å². The highest BCUT2D eigenvalue weighted by Crippen LogP contribution is 2.39. The maximum atomic E-state index is 10.7. The molecule has 0 atom stereocenters. The minimum atomic E-state index is -0.0423. The lowest BCUT2D eigenvalue weighted by molar-refractivity contribution is 0.444. The Morgan fingerprint density at radius 1 is 0.971 bits per heavy atom. The average Bonchev–Trinajstić information content (AvgIpc) is 3.28. The monoisotopic (exact) mass is 491 g/mol. The number of benzene rings is 2. The molecule has 0 aliphatic heterocycles. The number of aromatic hydroxyl groups is 2. The van der Waals surface area contributed by atoms with Crippen LogP contribution >= 0.6 is 11.8 Å². The highest BCUT2D eigenvalue weighted by molar-refractivity contribution is 7.98. The minimum Gasteiger partial charge on any atom is -0.508 e. The molecule has 0 unspecified atom stereocenters. The van der Waals surface area contributed by atoms with E-state index >= 15 is 0 Å². The number of aromatic nitrogens is 4. The lowest BCUT2D eigenvalue weighted by atomic mass is 9.98. The Kier molecular flexibility index (Phi) is 8.76. The predicted octanol–water partition coefficient (Wildman–Crippen LogP) is 6.25. The van der Waals surface area contributed by atoms with Gasteiger partial charge in [0.25, 0.3) is 0 Å². The van der Waals surface area contributed by atoms with Crippen LogP contribution < -0.4 is 4.90 Å². The van der Waals surface area contributed by atoms with Crippen LogP contribution in [-0.4, -0.2) is 44.1 Å². The quantitative estimate of drug-likeness (QED) is 0.296. The van der Waals surface area contributed by atoms with Crippen LogP contribution in [0.3, 0.4) is 0 Å². The van der Waals surface area contributed by atoms with Crippen molar-refractivity contribution in [1.29, 1.82) is 0 Å². The third-order valence-electron chi connectivity index (χ3n) is 5.36. The first-order chi connectivity index (χ1) is 16.8. The molecule has 0 radical (unpaired) electrons. The summed E-state index contributed by atoms with van der Waals surface area (Å²) in [7, 11) is 3.99. The van der Waals surface area contributed by atoms with Gasteiger partial charge >= 0.3 is 0 Å². The summed E-state index contributed by atoms with van der Waals surface area (Å²) in [6.07, 6.45) is 3.59. The third-order valence-corrected chi connectivity index (χ3v) is 6.36. The van der Waals surface area contributed by atoms with Gasteiger partial charge in [-0.1, -0.05) is 45.5 Å². The van der Waals surface area contributed by atoms with Gasteiger partial charge < -0.3 is 15.1 Å². The summed E-state index contributed by atoms with van der Waals surface area (Å²) < 4.78 is 1.94. The molecule has 2 aromatic carbocycles. The first-order valence-corrected chi connectivity index (χ1v) is 12.6. The van der Waals surface area contributed by atoms with Gasteiger partial charge in [0.2, 0.25) is 0 Å². The summed E-state index contributed by atoms with van der Waals surface area (Å²) in [4.78, 5) is 6.22. The SMILES string of the molecule is CC.CC(C)c1cc(-c2nnc(SCc3cccnc3)n2-c2ccc(N(C)C)cc2)c(O)cc1O. The van der Waals surface area contributed by atoms with E-state index in [1.54, 1.807) is 24.0 Å². The Labute approximate surface area is 211 Å². The molecule has 0 aliphatic rings. The number of hydrogen-bond donors (Lipinski definition) is 2. The first-order valence-electron chi connectivity index (χ1n) is 11.7. The summed E-state index contributed by atoms with van der Waals surface area (Å²) in [5, 5.41) is 30.6. The number of phenolic OH excluding ortho intramolecular Hbond substituents is 2. The lowest BCUT2D eigenvalue weighted by Gasteiger charge is -2.16. The fourth-order valence-electron chi connectivity index (χ4n) is 3.54. The normalized spacial score (nSPS) is 10.7. The summed E-state index contributed by atoms with van der Waals surface area (Å²) in [5.41, 5.74) is 4.30. The van der Waals surface area contributed by atoms with Crippen LogP contribution in [0.1, 0.15) is 44.7 Å². The second-order valence-corrected chi connectivity index (χ2v) is 9.23. The highest BCUT2D eigenvalue weighted by Gasteiger charge is 2.21. The molecule has 0 spiro atoms. The number of hydrogen-bond acceptors (Lipinski definition) is 7. The Hall–Kier alpha value is -3.52. The molecule has 4 rings (SSSR count). The van der Waals surface area contributed by atoms with Crippen molar-refractivity contribution < 1.29 is 10.2 Å². The first kappa shape index (κ1) is 26.1. The van der Waals surface area contributed by atoms with E-state index in [1.165, 1.54) is 6.07 Å². The molecule has 0 bridgehead atoms. The van der Waals surface area contributed by atoms with Crippen molar-refractivity contribution in [1.82, 2.24) is 19.7 Å². The molecule has 35 heavy (non-hydrogen) atoms. The zero-order chi connectivity index (χ0) is 25.5. The zero-order valence-corrected chi connectivity index (χ0v) is 21.9. The number of nitrogens with zero attached hydrogens (tertiary/aromatic N) is 5. The number of rotatable bonds is 7. The Bertz CT molecular complexity index is 1240. The topological polar surface area (TPSA) is 87.3 Å². The molecule has 0 saturated carbocycles. The minimum absolute atomic E-state index is 0.0423. The van der Waals surface area contributed by atoms with E-state index in [9.17, 15) is 10.2 Å². The lowest BCUT2D eigenvalue weighted by Crippen LogP contribution is -2.08. The van der Waals surface area contributed by atoms with E-state index in [4.69, 9.17) is 0 Å². The number of thioether (sulfide) groups is 1. The van der Waals surface area contributed by atoms with Gasteiger partial charge in [-0.05, 0) is 53.4 Å². The summed E-state index contributed by atoms with van der Waals surface area (Å²) in [6.45, 7) is 7.99. The number of anilines is 1. The Morgan fingerprint density at radius 2 is 1.69 bits per heavy atom. The molecule has 7 nitrogen and oxygen atoms in total. The van der Waals surface area contributed by atoms with Gasteiger partial charge in [-0.15, -0.1) is 10.2 Å². The van der Waals surface area contributed by atoms with Crippen molar-refractivity contribution in [2.75, 3.05) is 19.0 Å². The van der Waals surface area contributed by atoms with Gasteiger partial charge in [-0.25, -0.2) is 0 Å². The van der Waals surface area contributed by atoms with Crippen LogP contribution in [0.25, 0.3) is 17.1 Å². The van der Waals surface area contributed by atoms with Crippen molar-refractivity contribution in [3.8, 4) is 28.6 Å². The van der Waals surface area contributed by atoms with Crippen LogP contribution in [-0.2, 0) is 5.75 Å². The molecular formula is C27H33N5O2S. The fourth-order valence-corrected chi connectivity index (χ4v) is 4.42. The molecule has 184 valence electrons. The van der Waals surface area contributed by atoms with E-state index in [0.29, 0.717) is 22.3 Å². The van der Waals surface area contributed by atoms with Gasteiger partial charge in [0, 0.05) is 49.7 Å². The van der Waals surface area contributed by atoms with Crippen molar-refractivity contribution in [3.05, 3.63) is 72.1 Å². The van der Waals surface area contributed by atoms with Gasteiger partial charge in [-0.2, -0.15) is 0 Å².